The van der Waals surface area contributed by atoms with E-state index >= 15 is 0 Å². The van der Waals surface area contributed by atoms with Crippen LogP contribution in [0.4, 0.5) is 0 Å². The summed E-state index contributed by atoms with van der Waals surface area (Å²) in [6.45, 7) is 1.84. The van der Waals surface area contributed by atoms with Gasteiger partial charge in [0.25, 0.3) is 5.56 Å². The van der Waals surface area contributed by atoms with E-state index in [-0.39, 0.29) is 29.7 Å². The Morgan fingerprint density at radius 2 is 2.22 bits per heavy atom. The lowest BCUT2D eigenvalue weighted by Gasteiger charge is -2.31. The third-order valence-corrected chi connectivity index (χ3v) is 5.43. The number of esters is 1. The van der Waals surface area contributed by atoms with Crippen molar-refractivity contribution in [3.05, 3.63) is 62.8 Å². The summed E-state index contributed by atoms with van der Waals surface area (Å²) in [4.78, 5) is 29.7. The van der Waals surface area contributed by atoms with Crippen molar-refractivity contribution in [2.75, 3.05) is 0 Å². The first-order valence-corrected chi connectivity index (χ1v) is 8.62. The van der Waals surface area contributed by atoms with E-state index in [1.165, 1.54) is 12.4 Å². The highest BCUT2D eigenvalue weighted by Crippen LogP contribution is 2.38. The van der Waals surface area contributed by atoms with Crippen molar-refractivity contribution in [2.45, 2.75) is 32.1 Å². The molecule has 8 nitrogen and oxygen atoms in total. The molecule has 0 amide bonds. The topological polar surface area (TPSA) is 108 Å². The first kappa shape index (κ1) is 16.0. The number of aromatic nitrogens is 3. The van der Waals surface area contributed by atoms with Crippen LogP contribution in [0.2, 0.25) is 0 Å². The Morgan fingerprint density at radius 1 is 1.41 bits per heavy atom. The van der Waals surface area contributed by atoms with Crippen LogP contribution < -0.4 is 10.3 Å². The molecule has 0 aliphatic carbocycles. The first-order chi connectivity index (χ1) is 12.9. The van der Waals surface area contributed by atoms with Gasteiger partial charge in [0.1, 0.15) is 12.1 Å². The van der Waals surface area contributed by atoms with Gasteiger partial charge < -0.3 is 19.6 Å². The molecule has 3 aromatic rings. The maximum atomic E-state index is 13.0. The van der Waals surface area contributed by atoms with Crippen molar-refractivity contribution in [1.29, 1.82) is 0 Å². The maximum absolute atomic E-state index is 13.0. The minimum absolute atomic E-state index is 0.0932. The summed E-state index contributed by atoms with van der Waals surface area (Å²) in [7, 11) is 0. The smallest absolute Gasteiger partial charge is 0.343 e. The van der Waals surface area contributed by atoms with Gasteiger partial charge in [0.05, 0.1) is 23.5 Å². The summed E-state index contributed by atoms with van der Waals surface area (Å²) in [5.41, 5.74) is 0.872. The van der Waals surface area contributed by atoms with E-state index in [9.17, 15) is 19.9 Å². The number of aliphatic hydroxyl groups is 1. The SMILES string of the molecule is CC[C@@]1(O)C(=O)OCc2c1cc1n(c2=O)Cc2cc3cc[n+]([O-])cc3nc2-1. The molecule has 0 radical (unpaired) electrons. The molecule has 0 bridgehead atoms. The molecule has 1 atom stereocenters. The van der Waals surface area contributed by atoms with Crippen LogP contribution in [-0.4, -0.2) is 20.6 Å². The van der Waals surface area contributed by atoms with E-state index < -0.39 is 11.6 Å². The summed E-state index contributed by atoms with van der Waals surface area (Å²) in [5.74, 6) is -0.751. The number of hydrogen-bond donors (Lipinski definition) is 1. The second-order valence-electron chi connectivity index (χ2n) is 6.88. The van der Waals surface area contributed by atoms with Gasteiger partial charge in [-0.05, 0) is 18.6 Å². The van der Waals surface area contributed by atoms with Gasteiger partial charge >= 0.3 is 5.97 Å². The van der Waals surface area contributed by atoms with Crippen molar-refractivity contribution >= 4 is 16.9 Å². The van der Waals surface area contributed by atoms with Crippen LogP contribution in [0, 0.1) is 5.21 Å². The number of carbonyl (C=O) groups is 1. The molecule has 5 heterocycles. The highest BCUT2D eigenvalue weighted by atomic mass is 16.6. The second kappa shape index (κ2) is 5.14. The molecule has 0 unspecified atom stereocenters. The van der Waals surface area contributed by atoms with E-state index in [1.807, 2.05) is 6.07 Å². The van der Waals surface area contributed by atoms with Crippen LogP contribution in [0.15, 0.2) is 35.4 Å². The monoisotopic (exact) mass is 365 g/mol. The zero-order valence-corrected chi connectivity index (χ0v) is 14.4. The molecule has 0 spiro atoms. The summed E-state index contributed by atoms with van der Waals surface area (Å²) in [5, 5.41) is 23.2. The molecular weight excluding hydrogens is 350 g/mol. The van der Waals surface area contributed by atoms with Gasteiger partial charge in [0.2, 0.25) is 6.20 Å². The van der Waals surface area contributed by atoms with Crippen LogP contribution in [0.1, 0.15) is 30.0 Å². The molecule has 0 fully saturated rings. The average Bonchev–Trinajstić information content (AvgIpc) is 3.01. The molecule has 136 valence electrons. The van der Waals surface area contributed by atoms with Crippen molar-refractivity contribution in [3.63, 3.8) is 0 Å². The van der Waals surface area contributed by atoms with Crippen molar-refractivity contribution in [1.82, 2.24) is 9.55 Å². The summed E-state index contributed by atoms with van der Waals surface area (Å²) >= 11 is 0. The molecule has 2 aliphatic heterocycles. The Bertz CT molecular complexity index is 1220. The number of nitrogens with zero attached hydrogens (tertiary/aromatic N) is 3. The van der Waals surface area contributed by atoms with Crippen molar-refractivity contribution in [3.8, 4) is 11.4 Å². The summed E-state index contributed by atoms with van der Waals surface area (Å²) in [6.07, 6.45) is 2.86. The Balaban J connectivity index is 1.80. The third-order valence-electron chi connectivity index (χ3n) is 5.43. The summed E-state index contributed by atoms with van der Waals surface area (Å²) in [6, 6.07) is 5.23. The van der Waals surface area contributed by atoms with E-state index in [0.29, 0.717) is 28.2 Å². The van der Waals surface area contributed by atoms with Gasteiger partial charge in [-0.25, -0.2) is 9.78 Å². The minimum Gasteiger partial charge on any atom is -0.619 e. The van der Waals surface area contributed by atoms with Gasteiger partial charge in [-0.1, -0.05) is 6.92 Å². The fraction of sp³-hybridized carbons (Fsp3) is 0.263. The fourth-order valence-electron chi connectivity index (χ4n) is 3.91. The highest BCUT2D eigenvalue weighted by molar-refractivity contribution is 5.85. The molecule has 2 aliphatic rings. The molecule has 3 aromatic heterocycles. The molecule has 5 rings (SSSR count). The standard InChI is InChI=1S/C19H15N3O5/c1-2-19(25)13-6-15-16-11(5-10-3-4-21(26)8-14(10)20-16)7-22(15)17(23)12(13)9-27-18(19)24/h3-6,8,25H,2,7,9H2,1H3/t19-/m0/s1. The molecule has 0 aromatic carbocycles. The molecule has 1 N–H and O–H groups in total. The van der Waals surface area contributed by atoms with Crippen LogP contribution in [-0.2, 0) is 28.3 Å². The zero-order valence-electron chi connectivity index (χ0n) is 14.4. The Labute approximate surface area is 152 Å². The van der Waals surface area contributed by atoms with Gasteiger partial charge in [-0.15, -0.1) is 0 Å². The number of rotatable bonds is 1. The quantitative estimate of drug-likeness (QED) is 0.302. The maximum Gasteiger partial charge on any atom is 0.343 e. The van der Waals surface area contributed by atoms with E-state index in [0.717, 1.165) is 10.9 Å². The molecule has 0 saturated carbocycles. The second-order valence-corrected chi connectivity index (χ2v) is 6.88. The van der Waals surface area contributed by atoms with Gasteiger partial charge in [0.15, 0.2) is 11.8 Å². The van der Waals surface area contributed by atoms with Crippen LogP contribution in [0.5, 0.6) is 0 Å². The third kappa shape index (κ3) is 2.01. The lowest BCUT2D eigenvalue weighted by molar-refractivity contribution is -0.604. The lowest BCUT2D eigenvalue weighted by atomic mass is 9.86. The van der Waals surface area contributed by atoms with Crippen molar-refractivity contribution < 1.29 is 19.4 Å². The summed E-state index contributed by atoms with van der Waals surface area (Å²) < 4.78 is 7.28. The largest absolute Gasteiger partial charge is 0.619 e. The van der Waals surface area contributed by atoms with Crippen LogP contribution >= 0.6 is 0 Å². The molecule has 0 saturated heterocycles. The van der Waals surface area contributed by atoms with Gasteiger partial charge in [-0.2, -0.15) is 4.73 Å². The number of cyclic esters (lactones) is 1. The first-order valence-electron chi connectivity index (χ1n) is 8.62. The predicted octanol–water partition coefficient (Wildman–Crippen LogP) is 0.713. The van der Waals surface area contributed by atoms with E-state index in [4.69, 9.17) is 4.74 Å². The van der Waals surface area contributed by atoms with E-state index in [1.54, 1.807) is 23.6 Å². The number of pyridine rings is 3. The number of carbonyl (C=O) groups excluding carboxylic acids is 1. The van der Waals surface area contributed by atoms with Crippen molar-refractivity contribution in [2.24, 2.45) is 0 Å². The van der Waals surface area contributed by atoms with Gasteiger partial charge in [0, 0.05) is 22.6 Å². The Kier molecular flexibility index (Phi) is 3.04. The van der Waals surface area contributed by atoms with E-state index in [2.05, 4.69) is 4.98 Å². The van der Waals surface area contributed by atoms with Crippen LogP contribution in [0.25, 0.3) is 22.3 Å². The molecule has 27 heavy (non-hydrogen) atoms. The Hall–Kier alpha value is -3.26. The number of hydrogen-bond acceptors (Lipinski definition) is 6. The lowest BCUT2D eigenvalue weighted by Crippen LogP contribution is -2.44. The Morgan fingerprint density at radius 3 is 3.00 bits per heavy atom. The van der Waals surface area contributed by atoms with Gasteiger partial charge in [-0.3, -0.25) is 4.79 Å². The number of ether oxygens (including phenoxy) is 1. The molecular formula is C19H15N3O5. The normalized spacial score (nSPS) is 20.1. The zero-order chi connectivity index (χ0) is 18.9. The highest BCUT2D eigenvalue weighted by Gasteiger charge is 2.45. The average molecular weight is 365 g/mol. The fourth-order valence-corrected chi connectivity index (χ4v) is 3.91. The molecule has 8 heteroatoms. The number of fused-ring (bicyclic) bond motifs is 5. The predicted molar refractivity (Wildman–Crippen MR) is 93.5 cm³/mol. The minimum atomic E-state index is -1.85. The van der Waals surface area contributed by atoms with Crippen LogP contribution in [0.3, 0.4) is 0 Å².